The minimum atomic E-state index is -0.248. The van der Waals surface area contributed by atoms with Crippen molar-refractivity contribution in [2.45, 2.75) is 0 Å². The van der Waals surface area contributed by atoms with Gasteiger partial charge < -0.3 is 0 Å². The normalized spacial score (nSPS) is 10.1. The summed E-state index contributed by atoms with van der Waals surface area (Å²) in [5.74, 6) is -0.248. The summed E-state index contributed by atoms with van der Waals surface area (Å²) in [4.78, 5) is 11.8. The molecule has 82 valence electrons. The fourth-order valence-corrected chi connectivity index (χ4v) is 1.82. The van der Waals surface area contributed by atoms with Crippen molar-refractivity contribution in [3.63, 3.8) is 0 Å². The summed E-state index contributed by atoms with van der Waals surface area (Å²) >= 11 is 9.24. The van der Waals surface area contributed by atoms with Crippen LogP contribution in [0.5, 0.6) is 0 Å². The van der Waals surface area contributed by atoms with E-state index in [2.05, 4.69) is 21.4 Å². The van der Waals surface area contributed by atoms with E-state index in [1.165, 1.54) is 0 Å². The number of hydrogen-bond acceptors (Lipinski definition) is 1. The van der Waals surface area contributed by atoms with E-state index in [4.69, 9.17) is 11.6 Å². The van der Waals surface area contributed by atoms with Gasteiger partial charge in [-0.2, -0.15) is 0 Å². The Kier molecular flexibility index (Phi) is 3.31. The number of benzene rings is 1. The Hall–Kier alpha value is -1.26. The maximum atomic E-state index is 11.8. The largest absolute Gasteiger partial charge is 0.271 e. The van der Waals surface area contributed by atoms with Crippen LogP contribution in [0.3, 0.4) is 0 Å². The van der Waals surface area contributed by atoms with Gasteiger partial charge in [0.05, 0.1) is 10.6 Å². The van der Waals surface area contributed by atoms with E-state index in [9.17, 15) is 4.79 Å². The van der Waals surface area contributed by atoms with Crippen molar-refractivity contribution in [2.75, 3.05) is 5.43 Å². The van der Waals surface area contributed by atoms with Crippen LogP contribution >= 0.6 is 27.5 Å². The number of carbonyl (C=O) groups excluding carboxylic acids is 1. The Morgan fingerprint density at radius 2 is 2.00 bits per heavy atom. The molecular formula is C11H8BrClN2O. The van der Waals surface area contributed by atoms with E-state index in [-0.39, 0.29) is 5.91 Å². The van der Waals surface area contributed by atoms with Crippen LogP contribution in [0.25, 0.3) is 0 Å². The summed E-state index contributed by atoms with van der Waals surface area (Å²) < 4.78 is 2.38. The van der Waals surface area contributed by atoms with Gasteiger partial charge in [-0.05, 0) is 30.3 Å². The molecule has 0 spiro atoms. The molecule has 0 bridgehead atoms. The van der Waals surface area contributed by atoms with Gasteiger partial charge in [-0.25, -0.2) is 0 Å². The van der Waals surface area contributed by atoms with Crippen LogP contribution in [0.15, 0.2) is 47.2 Å². The molecule has 2 aromatic rings. The zero-order valence-electron chi connectivity index (χ0n) is 8.15. The molecule has 1 aromatic carbocycles. The molecule has 1 N–H and O–H groups in total. The third-order valence-electron chi connectivity index (χ3n) is 2.01. The van der Waals surface area contributed by atoms with Gasteiger partial charge in [-0.3, -0.25) is 14.9 Å². The van der Waals surface area contributed by atoms with Crippen molar-refractivity contribution < 1.29 is 4.79 Å². The van der Waals surface area contributed by atoms with Gasteiger partial charge in [0.1, 0.15) is 0 Å². The maximum absolute atomic E-state index is 11.8. The van der Waals surface area contributed by atoms with Gasteiger partial charge in [0, 0.05) is 16.9 Å². The Labute approximate surface area is 106 Å². The number of rotatable bonds is 2. The molecule has 0 saturated heterocycles. The standard InChI is InChI=1S/C11H8BrClN2O/c12-8-3-4-10(13)9(7-8)11(16)14-15-5-1-2-6-15/h1-7H,(H,14,16). The first-order valence-electron chi connectivity index (χ1n) is 4.56. The molecular weight excluding hydrogens is 291 g/mol. The van der Waals surface area contributed by atoms with Crippen molar-refractivity contribution in [1.82, 2.24) is 4.68 Å². The second-order valence-electron chi connectivity index (χ2n) is 3.16. The SMILES string of the molecule is O=C(Nn1cccc1)c1cc(Br)ccc1Cl. The molecule has 0 aliphatic carbocycles. The summed E-state index contributed by atoms with van der Waals surface area (Å²) in [5.41, 5.74) is 3.11. The van der Waals surface area contributed by atoms with Crippen LogP contribution in [0, 0.1) is 0 Å². The fraction of sp³-hybridized carbons (Fsp3) is 0. The quantitative estimate of drug-likeness (QED) is 0.907. The lowest BCUT2D eigenvalue weighted by Gasteiger charge is -2.07. The summed E-state index contributed by atoms with van der Waals surface area (Å²) in [6.45, 7) is 0. The van der Waals surface area contributed by atoms with Gasteiger partial charge >= 0.3 is 0 Å². The Bertz CT molecular complexity index is 511. The highest BCUT2D eigenvalue weighted by Crippen LogP contribution is 2.20. The van der Waals surface area contributed by atoms with E-state index in [0.717, 1.165) is 4.47 Å². The molecule has 0 radical (unpaired) electrons. The van der Waals surface area contributed by atoms with E-state index in [1.807, 2.05) is 12.1 Å². The van der Waals surface area contributed by atoms with E-state index < -0.39 is 0 Å². The molecule has 0 unspecified atom stereocenters. The first-order chi connectivity index (χ1) is 7.66. The third-order valence-corrected chi connectivity index (χ3v) is 2.83. The molecule has 1 amide bonds. The molecule has 1 aromatic heterocycles. The summed E-state index contributed by atoms with van der Waals surface area (Å²) in [7, 11) is 0. The second kappa shape index (κ2) is 4.72. The number of nitrogens with zero attached hydrogens (tertiary/aromatic N) is 1. The molecule has 16 heavy (non-hydrogen) atoms. The Balaban J connectivity index is 2.24. The highest BCUT2D eigenvalue weighted by Gasteiger charge is 2.10. The topological polar surface area (TPSA) is 34.0 Å². The van der Waals surface area contributed by atoms with E-state index in [0.29, 0.717) is 10.6 Å². The van der Waals surface area contributed by atoms with Crippen molar-refractivity contribution in [3.05, 3.63) is 57.8 Å². The van der Waals surface area contributed by atoms with Gasteiger partial charge in [0.25, 0.3) is 5.91 Å². The number of hydrogen-bond donors (Lipinski definition) is 1. The Morgan fingerprint density at radius 3 is 2.69 bits per heavy atom. The monoisotopic (exact) mass is 298 g/mol. The molecule has 0 aliphatic heterocycles. The molecule has 2 rings (SSSR count). The van der Waals surface area contributed by atoms with Crippen molar-refractivity contribution in [1.29, 1.82) is 0 Å². The molecule has 5 heteroatoms. The van der Waals surface area contributed by atoms with E-state index >= 15 is 0 Å². The molecule has 0 aliphatic rings. The lowest BCUT2D eigenvalue weighted by atomic mass is 10.2. The van der Waals surface area contributed by atoms with Gasteiger partial charge in [-0.15, -0.1) is 0 Å². The first kappa shape index (κ1) is 11.2. The number of carbonyl (C=O) groups is 1. The van der Waals surface area contributed by atoms with E-state index in [1.54, 1.807) is 35.3 Å². The average molecular weight is 300 g/mol. The third kappa shape index (κ3) is 2.46. The average Bonchev–Trinajstić information content (AvgIpc) is 2.74. The molecule has 0 fully saturated rings. The lowest BCUT2D eigenvalue weighted by Crippen LogP contribution is -2.21. The first-order valence-corrected chi connectivity index (χ1v) is 5.73. The maximum Gasteiger partial charge on any atom is 0.271 e. The number of amides is 1. The van der Waals surface area contributed by atoms with Gasteiger partial charge in [0.15, 0.2) is 0 Å². The second-order valence-corrected chi connectivity index (χ2v) is 4.48. The smallest absolute Gasteiger partial charge is 0.268 e. The zero-order chi connectivity index (χ0) is 11.5. The van der Waals surface area contributed by atoms with Crippen molar-refractivity contribution in [2.24, 2.45) is 0 Å². The fourth-order valence-electron chi connectivity index (χ4n) is 1.26. The van der Waals surface area contributed by atoms with Crippen LogP contribution in [0.4, 0.5) is 0 Å². The van der Waals surface area contributed by atoms with Gasteiger partial charge in [0.2, 0.25) is 0 Å². The van der Waals surface area contributed by atoms with Gasteiger partial charge in [-0.1, -0.05) is 27.5 Å². The van der Waals surface area contributed by atoms with Crippen molar-refractivity contribution in [3.8, 4) is 0 Å². The van der Waals surface area contributed by atoms with Crippen molar-refractivity contribution >= 4 is 33.4 Å². The molecule has 0 saturated carbocycles. The Morgan fingerprint density at radius 1 is 1.31 bits per heavy atom. The summed E-state index contributed by atoms with van der Waals surface area (Å²) in [6.07, 6.45) is 3.48. The number of halogens is 2. The lowest BCUT2D eigenvalue weighted by molar-refractivity contribution is 0.101. The summed E-state index contributed by atoms with van der Waals surface area (Å²) in [5, 5.41) is 0.424. The molecule has 1 heterocycles. The van der Waals surface area contributed by atoms with Crippen LogP contribution in [0.2, 0.25) is 5.02 Å². The number of nitrogens with one attached hydrogen (secondary N) is 1. The summed E-state index contributed by atoms with van der Waals surface area (Å²) in [6, 6.07) is 8.79. The van der Waals surface area contributed by atoms with Crippen LogP contribution < -0.4 is 5.43 Å². The number of aromatic nitrogens is 1. The van der Waals surface area contributed by atoms with Crippen LogP contribution in [-0.2, 0) is 0 Å². The zero-order valence-corrected chi connectivity index (χ0v) is 10.5. The highest BCUT2D eigenvalue weighted by atomic mass is 79.9. The minimum Gasteiger partial charge on any atom is -0.268 e. The minimum absolute atomic E-state index is 0.248. The predicted octanol–water partition coefficient (Wildman–Crippen LogP) is 3.29. The van der Waals surface area contributed by atoms with Crippen LogP contribution in [0.1, 0.15) is 10.4 Å². The van der Waals surface area contributed by atoms with Crippen LogP contribution in [-0.4, -0.2) is 10.6 Å². The predicted molar refractivity (Wildman–Crippen MR) is 67.3 cm³/mol. The molecule has 0 atom stereocenters. The highest BCUT2D eigenvalue weighted by molar-refractivity contribution is 9.10. The molecule has 3 nitrogen and oxygen atoms in total.